The number of nitrogens with zero attached hydrogens (tertiary/aromatic N) is 4. The molecule has 0 spiro atoms. The number of isocyanates is 4. The standard InChI is InChI=1S/C19H8N4O6/c24-6-14-3-1-12(16(20-8-26)18(14)22-10-28)5-13-2-4-15(7-25)19(23-11-29)17(13)21-9-27/h1-4,6-7H,5H2. The van der Waals surface area contributed by atoms with Crippen LogP contribution in [0.3, 0.4) is 0 Å². The number of rotatable bonds is 8. The summed E-state index contributed by atoms with van der Waals surface area (Å²) in [5, 5.41) is 0. The summed E-state index contributed by atoms with van der Waals surface area (Å²) in [4.78, 5) is 79.3. The van der Waals surface area contributed by atoms with Gasteiger partial charge in [0, 0.05) is 17.5 Å². The molecule has 0 saturated carbocycles. The van der Waals surface area contributed by atoms with Gasteiger partial charge in [0.1, 0.15) is 22.7 Å². The third kappa shape index (κ3) is 4.35. The fraction of sp³-hybridized carbons (Fsp3) is 0.0526. The van der Waals surface area contributed by atoms with Crippen LogP contribution in [0.15, 0.2) is 44.2 Å². The molecule has 140 valence electrons. The van der Waals surface area contributed by atoms with Crippen molar-refractivity contribution in [1.82, 2.24) is 0 Å². The molecule has 0 heterocycles. The number of hydrogen-bond acceptors (Lipinski definition) is 10. The normalized spacial score (nSPS) is 9.10. The maximum atomic E-state index is 11.2. The Morgan fingerprint density at radius 3 is 1.24 bits per heavy atom. The lowest BCUT2D eigenvalue weighted by molar-refractivity contribution is 0.111. The third-order valence-corrected chi connectivity index (χ3v) is 3.80. The first-order chi connectivity index (χ1) is 14.1. The number of aliphatic imine (C=N–C) groups is 4. The molecule has 0 radical (unpaired) electrons. The van der Waals surface area contributed by atoms with Crippen molar-refractivity contribution in [1.29, 1.82) is 0 Å². The SMILES string of the molecule is O=C=Nc1c(C=O)ccc(Cc2ccc(C=O)c(N=C=O)c2N=C=O)c1N=C=O. The van der Waals surface area contributed by atoms with Crippen molar-refractivity contribution in [2.45, 2.75) is 6.42 Å². The lowest BCUT2D eigenvalue weighted by atomic mass is 9.97. The minimum Gasteiger partial charge on any atom is -0.298 e. The molecule has 0 aromatic heterocycles. The Balaban J connectivity index is 2.80. The Kier molecular flexibility index (Phi) is 7.00. The molecule has 2 aromatic rings. The molecular formula is C19H8N4O6. The van der Waals surface area contributed by atoms with Crippen molar-refractivity contribution >= 4 is 59.6 Å². The Labute approximate surface area is 162 Å². The topological polar surface area (TPSA) is 152 Å². The van der Waals surface area contributed by atoms with E-state index in [-0.39, 0.29) is 40.3 Å². The fourth-order valence-corrected chi connectivity index (χ4v) is 2.62. The summed E-state index contributed by atoms with van der Waals surface area (Å²) in [6.07, 6.45) is 5.98. The van der Waals surface area contributed by atoms with Gasteiger partial charge in [-0.1, -0.05) is 12.1 Å². The highest BCUT2D eigenvalue weighted by molar-refractivity contribution is 5.92. The Morgan fingerprint density at radius 2 is 0.931 bits per heavy atom. The van der Waals surface area contributed by atoms with E-state index in [0.717, 1.165) is 0 Å². The molecule has 0 atom stereocenters. The van der Waals surface area contributed by atoms with Gasteiger partial charge in [-0.3, -0.25) is 9.59 Å². The first kappa shape index (κ1) is 20.6. The van der Waals surface area contributed by atoms with Crippen LogP contribution >= 0.6 is 0 Å². The number of benzene rings is 2. The fourth-order valence-electron chi connectivity index (χ4n) is 2.62. The molecule has 2 aromatic carbocycles. The van der Waals surface area contributed by atoms with Gasteiger partial charge in [-0.05, 0) is 23.3 Å². The molecule has 0 unspecified atom stereocenters. The monoisotopic (exact) mass is 388 g/mol. The van der Waals surface area contributed by atoms with E-state index in [2.05, 4.69) is 20.0 Å². The summed E-state index contributed by atoms with van der Waals surface area (Å²) >= 11 is 0. The third-order valence-electron chi connectivity index (χ3n) is 3.80. The minimum absolute atomic E-state index is 0.0141. The van der Waals surface area contributed by atoms with Gasteiger partial charge in [-0.15, -0.1) is 0 Å². The van der Waals surface area contributed by atoms with E-state index in [0.29, 0.717) is 23.7 Å². The van der Waals surface area contributed by atoms with E-state index in [9.17, 15) is 28.8 Å². The summed E-state index contributed by atoms with van der Waals surface area (Å²) in [5.41, 5.74) is -0.0356. The first-order valence-electron chi connectivity index (χ1n) is 7.68. The molecule has 0 aliphatic heterocycles. The van der Waals surface area contributed by atoms with Crippen LogP contribution in [0.1, 0.15) is 31.8 Å². The van der Waals surface area contributed by atoms with Crippen LogP contribution in [0.2, 0.25) is 0 Å². The second-order valence-corrected chi connectivity index (χ2v) is 5.25. The van der Waals surface area contributed by atoms with Crippen molar-refractivity contribution in [3.8, 4) is 0 Å². The molecule has 0 amide bonds. The van der Waals surface area contributed by atoms with Gasteiger partial charge in [-0.25, -0.2) is 19.2 Å². The predicted molar refractivity (Wildman–Crippen MR) is 97.6 cm³/mol. The summed E-state index contributed by atoms with van der Waals surface area (Å²) < 4.78 is 0. The van der Waals surface area contributed by atoms with Crippen molar-refractivity contribution in [3.05, 3.63) is 46.5 Å². The summed E-state index contributed by atoms with van der Waals surface area (Å²) in [6.45, 7) is 0. The molecule has 10 nitrogen and oxygen atoms in total. The molecule has 0 aliphatic carbocycles. The minimum atomic E-state index is -0.188. The van der Waals surface area contributed by atoms with Crippen LogP contribution in [0.25, 0.3) is 0 Å². The zero-order chi connectivity index (χ0) is 21.2. The maximum absolute atomic E-state index is 11.2. The molecule has 10 heteroatoms. The maximum Gasteiger partial charge on any atom is 0.240 e. The Hall–Kier alpha value is -4.70. The first-order valence-corrected chi connectivity index (χ1v) is 7.68. The van der Waals surface area contributed by atoms with Crippen molar-refractivity contribution in [2.24, 2.45) is 20.0 Å². The quantitative estimate of drug-likeness (QED) is 0.385. The highest BCUT2D eigenvalue weighted by Crippen LogP contribution is 2.39. The van der Waals surface area contributed by atoms with E-state index in [1.807, 2.05) is 0 Å². The average Bonchev–Trinajstić information content (AvgIpc) is 2.73. The van der Waals surface area contributed by atoms with E-state index in [4.69, 9.17) is 0 Å². The van der Waals surface area contributed by atoms with Crippen molar-refractivity contribution in [3.63, 3.8) is 0 Å². The van der Waals surface area contributed by atoms with Crippen LogP contribution in [0, 0.1) is 0 Å². The molecule has 29 heavy (non-hydrogen) atoms. The highest BCUT2D eigenvalue weighted by Gasteiger charge is 2.18. The number of carbonyl (C=O) groups excluding carboxylic acids is 6. The van der Waals surface area contributed by atoms with E-state index in [1.54, 1.807) is 0 Å². The molecular weight excluding hydrogens is 380 g/mol. The van der Waals surface area contributed by atoms with Crippen molar-refractivity contribution in [2.75, 3.05) is 0 Å². The van der Waals surface area contributed by atoms with Gasteiger partial charge in [0.2, 0.25) is 24.3 Å². The van der Waals surface area contributed by atoms with Gasteiger partial charge in [0.05, 0.1) is 0 Å². The molecule has 0 N–H and O–H groups in total. The second kappa shape index (κ2) is 9.85. The smallest absolute Gasteiger partial charge is 0.240 e. The van der Waals surface area contributed by atoms with Gasteiger partial charge < -0.3 is 0 Å². The number of aldehydes is 2. The molecule has 0 fully saturated rings. The summed E-state index contributed by atoms with van der Waals surface area (Å²) in [5.74, 6) is 0. The Bertz CT molecular complexity index is 1100. The average molecular weight is 388 g/mol. The van der Waals surface area contributed by atoms with Gasteiger partial charge in [0.25, 0.3) is 0 Å². The van der Waals surface area contributed by atoms with Crippen LogP contribution in [-0.2, 0) is 25.6 Å². The van der Waals surface area contributed by atoms with E-state index >= 15 is 0 Å². The zero-order valence-electron chi connectivity index (χ0n) is 14.4. The van der Waals surface area contributed by atoms with E-state index in [1.165, 1.54) is 48.6 Å². The van der Waals surface area contributed by atoms with Crippen molar-refractivity contribution < 1.29 is 28.8 Å². The lowest BCUT2D eigenvalue weighted by Crippen LogP contribution is -1.95. The Morgan fingerprint density at radius 1 is 0.586 bits per heavy atom. The predicted octanol–water partition coefficient (Wildman–Crippen LogP) is 2.77. The summed E-state index contributed by atoms with van der Waals surface area (Å²) in [6, 6.07) is 5.56. The van der Waals surface area contributed by atoms with Crippen LogP contribution < -0.4 is 0 Å². The second-order valence-electron chi connectivity index (χ2n) is 5.25. The lowest BCUT2D eigenvalue weighted by Gasteiger charge is -2.12. The highest BCUT2D eigenvalue weighted by atomic mass is 16.1. The molecule has 0 bridgehead atoms. The van der Waals surface area contributed by atoms with Gasteiger partial charge in [0.15, 0.2) is 12.6 Å². The van der Waals surface area contributed by atoms with Crippen LogP contribution in [0.4, 0.5) is 22.7 Å². The number of carbonyl (C=O) groups is 2. The van der Waals surface area contributed by atoms with Crippen LogP contribution in [0.5, 0.6) is 0 Å². The zero-order valence-corrected chi connectivity index (χ0v) is 14.4. The largest absolute Gasteiger partial charge is 0.298 e. The summed E-state index contributed by atoms with van der Waals surface area (Å²) in [7, 11) is 0. The van der Waals surface area contributed by atoms with Crippen LogP contribution in [-0.4, -0.2) is 36.9 Å². The number of hydrogen-bond donors (Lipinski definition) is 0. The van der Waals surface area contributed by atoms with E-state index < -0.39 is 0 Å². The van der Waals surface area contributed by atoms with Gasteiger partial charge >= 0.3 is 0 Å². The van der Waals surface area contributed by atoms with Gasteiger partial charge in [-0.2, -0.15) is 20.0 Å². The molecule has 0 aliphatic rings. The molecule has 0 saturated heterocycles. The molecule has 2 rings (SSSR count).